The highest BCUT2D eigenvalue weighted by molar-refractivity contribution is 8.00. The molecule has 3 heterocycles. The number of carbonyl (C=O) groups excluding carboxylic acids is 2. The van der Waals surface area contributed by atoms with Crippen LogP contribution in [0.2, 0.25) is 0 Å². The van der Waals surface area contributed by atoms with E-state index in [0.29, 0.717) is 19.0 Å². The molecule has 2 aromatic heterocycles. The molecule has 1 unspecified atom stereocenters. The van der Waals surface area contributed by atoms with E-state index in [1.54, 1.807) is 35.1 Å². The van der Waals surface area contributed by atoms with E-state index in [0.717, 1.165) is 38.5 Å². The largest absolute Gasteiger partial charge is 0.383 e. The molecular formula is C29H30N4O3S2. The third-order valence-electron chi connectivity index (χ3n) is 6.45. The highest BCUT2D eigenvalue weighted by atomic mass is 32.2. The number of nitrogens with one attached hydrogen (secondary N) is 1. The lowest BCUT2D eigenvalue weighted by atomic mass is 10.0. The third kappa shape index (κ3) is 5.27. The molecule has 9 heteroatoms. The molecule has 1 atom stereocenters. The fourth-order valence-corrected chi connectivity index (χ4v) is 6.87. The lowest BCUT2D eigenvalue weighted by molar-refractivity contribution is -0.123. The van der Waals surface area contributed by atoms with Crippen LogP contribution in [0.25, 0.3) is 16.9 Å². The van der Waals surface area contributed by atoms with Crippen LogP contribution in [0.5, 0.6) is 0 Å². The Morgan fingerprint density at radius 1 is 1.13 bits per heavy atom. The van der Waals surface area contributed by atoms with Crippen molar-refractivity contribution < 1.29 is 14.3 Å². The number of rotatable bonds is 8. The number of ether oxygens (including phenoxy) is 1. The van der Waals surface area contributed by atoms with Crippen LogP contribution in [0.1, 0.15) is 26.8 Å². The van der Waals surface area contributed by atoms with Crippen molar-refractivity contribution in [2.24, 2.45) is 0 Å². The number of fused-ring (bicyclic) bond motifs is 1. The molecule has 5 rings (SSSR count). The van der Waals surface area contributed by atoms with Crippen molar-refractivity contribution in [1.29, 1.82) is 0 Å². The number of benzene rings is 2. The first kappa shape index (κ1) is 26.2. The molecule has 0 saturated carbocycles. The second kappa shape index (κ2) is 11.6. The van der Waals surface area contributed by atoms with Crippen LogP contribution in [0, 0.1) is 13.8 Å². The lowest BCUT2D eigenvalue weighted by Gasteiger charge is -2.23. The number of hydrogen-bond acceptors (Lipinski definition) is 6. The van der Waals surface area contributed by atoms with Gasteiger partial charge in [0.05, 0.1) is 29.0 Å². The van der Waals surface area contributed by atoms with E-state index in [-0.39, 0.29) is 29.4 Å². The SMILES string of the molecule is COCCNC(=O)CN1C(=O)CSC(c2cccs2)c2c(-c3ccccc3)nn(-c3ccc(C)cc3C)c21. The summed E-state index contributed by atoms with van der Waals surface area (Å²) in [5, 5.41) is 9.97. The summed E-state index contributed by atoms with van der Waals surface area (Å²) in [6.07, 6.45) is 0. The summed E-state index contributed by atoms with van der Waals surface area (Å²) in [6.45, 7) is 4.78. The second-order valence-corrected chi connectivity index (χ2v) is 11.3. The Kier molecular flexibility index (Phi) is 7.97. The molecule has 0 aliphatic carbocycles. The molecule has 0 spiro atoms. The average molecular weight is 547 g/mol. The minimum Gasteiger partial charge on any atom is -0.383 e. The van der Waals surface area contributed by atoms with Crippen molar-refractivity contribution in [1.82, 2.24) is 15.1 Å². The molecule has 1 aliphatic rings. The Hall–Kier alpha value is -3.40. The van der Waals surface area contributed by atoms with Crippen LogP contribution in [0.15, 0.2) is 66.0 Å². The predicted molar refractivity (Wildman–Crippen MR) is 154 cm³/mol. The maximum absolute atomic E-state index is 13.7. The van der Waals surface area contributed by atoms with Gasteiger partial charge in [0.25, 0.3) is 0 Å². The van der Waals surface area contributed by atoms with Crippen LogP contribution in [0.4, 0.5) is 5.82 Å². The molecule has 0 fully saturated rings. The van der Waals surface area contributed by atoms with Gasteiger partial charge in [-0.1, -0.05) is 54.1 Å². The minimum absolute atomic E-state index is 0.0991. The van der Waals surface area contributed by atoms with Crippen LogP contribution in [0.3, 0.4) is 0 Å². The van der Waals surface area contributed by atoms with E-state index in [1.165, 1.54) is 0 Å². The first-order valence-corrected chi connectivity index (χ1v) is 14.4. The number of thiophene rings is 1. The van der Waals surface area contributed by atoms with Crippen molar-refractivity contribution >= 4 is 40.7 Å². The standard InChI is InChI=1S/C29H30N4O3S2/c1-19-11-12-22(20(2)16-19)33-29-26(27(31-33)21-8-5-4-6-9-21)28(23-10-7-15-37-23)38-18-25(35)32(29)17-24(34)30-13-14-36-3/h4-12,15-16,28H,13-14,17-18H2,1-3H3,(H,30,34). The number of amides is 2. The van der Waals surface area contributed by atoms with Crippen molar-refractivity contribution in [3.05, 3.63) is 87.6 Å². The molecule has 1 aliphatic heterocycles. The molecule has 2 aromatic carbocycles. The first-order chi connectivity index (χ1) is 18.5. The number of hydrogen-bond donors (Lipinski definition) is 1. The fraction of sp³-hybridized carbons (Fsp3) is 0.276. The summed E-state index contributed by atoms with van der Waals surface area (Å²) in [5.41, 5.74) is 5.78. The smallest absolute Gasteiger partial charge is 0.240 e. The highest BCUT2D eigenvalue weighted by Gasteiger charge is 2.38. The molecule has 196 valence electrons. The Morgan fingerprint density at radius 2 is 1.95 bits per heavy atom. The van der Waals surface area contributed by atoms with Crippen molar-refractivity contribution in [2.75, 3.05) is 37.5 Å². The summed E-state index contributed by atoms with van der Waals surface area (Å²) in [6, 6.07) is 20.4. The number of thioether (sulfide) groups is 1. The molecule has 2 amide bonds. The van der Waals surface area contributed by atoms with E-state index < -0.39 is 0 Å². The molecule has 0 saturated heterocycles. The Balaban J connectivity index is 1.75. The van der Waals surface area contributed by atoms with Gasteiger partial charge in [-0.05, 0) is 36.9 Å². The van der Waals surface area contributed by atoms with Crippen molar-refractivity contribution in [3.8, 4) is 16.9 Å². The number of nitrogens with zero attached hydrogens (tertiary/aromatic N) is 3. The van der Waals surface area contributed by atoms with Crippen LogP contribution >= 0.6 is 23.1 Å². The predicted octanol–water partition coefficient (Wildman–Crippen LogP) is 5.15. The third-order valence-corrected chi connectivity index (χ3v) is 8.77. The summed E-state index contributed by atoms with van der Waals surface area (Å²) < 4.78 is 6.94. The van der Waals surface area contributed by atoms with Gasteiger partial charge in [0.1, 0.15) is 12.4 Å². The number of methoxy groups -OCH3 is 1. The Bertz CT molecular complexity index is 1430. The topological polar surface area (TPSA) is 76.5 Å². The van der Waals surface area contributed by atoms with Gasteiger partial charge in [-0.25, -0.2) is 4.68 Å². The van der Waals surface area contributed by atoms with Gasteiger partial charge in [-0.3, -0.25) is 14.5 Å². The van der Waals surface area contributed by atoms with Gasteiger partial charge in [0.2, 0.25) is 11.8 Å². The van der Waals surface area contributed by atoms with Crippen LogP contribution < -0.4 is 10.2 Å². The normalized spacial score (nSPS) is 15.3. The van der Waals surface area contributed by atoms with E-state index >= 15 is 0 Å². The van der Waals surface area contributed by atoms with E-state index in [1.807, 2.05) is 60.1 Å². The van der Waals surface area contributed by atoms with E-state index in [9.17, 15) is 9.59 Å². The monoisotopic (exact) mass is 546 g/mol. The van der Waals surface area contributed by atoms with Gasteiger partial charge >= 0.3 is 0 Å². The number of aryl methyl sites for hydroxylation is 2. The van der Waals surface area contributed by atoms with Crippen LogP contribution in [-0.4, -0.2) is 54.2 Å². The van der Waals surface area contributed by atoms with Crippen molar-refractivity contribution in [2.45, 2.75) is 19.1 Å². The number of anilines is 1. The van der Waals surface area contributed by atoms with Crippen molar-refractivity contribution in [3.63, 3.8) is 0 Å². The van der Waals surface area contributed by atoms with Gasteiger partial charge < -0.3 is 10.1 Å². The summed E-state index contributed by atoms with van der Waals surface area (Å²) >= 11 is 3.25. The molecule has 1 N–H and O–H groups in total. The summed E-state index contributed by atoms with van der Waals surface area (Å²) in [5.74, 6) is 0.536. The zero-order chi connectivity index (χ0) is 26.6. The highest BCUT2D eigenvalue weighted by Crippen LogP contribution is 2.49. The zero-order valence-electron chi connectivity index (χ0n) is 21.6. The zero-order valence-corrected chi connectivity index (χ0v) is 23.3. The lowest BCUT2D eigenvalue weighted by Crippen LogP contribution is -2.43. The van der Waals surface area contributed by atoms with Crippen LogP contribution in [-0.2, 0) is 14.3 Å². The maximum atomic E-state index is 13.7. The van der Waals surface area contributed by atoms with E-state index in [2.05, 4.69) is 29.8 Å². The van der Waals surface area contributed by atoms with Gasteiger partial charge in [-0.15, -0.1) is 23.1 Å². The molecular weight excluding hydrogens is 516 g/mol. The van der Waals surface area contributed by atoms with Gasteiger partial charge in [0, 0.05) is 29.7 Å². The summed E-state index contributed by atoms with van der Waals surface area (Å²) in [7, 11) is 1.59. The minimum atomic E-state index is -0.240. The Morgan fingerprint density at radius 3 is 2.66 bits per heavy atom. The van der Waals surface area contributed by atoms with Gasteiger partial charge in [-0.2, -0.15) is 5.10 Å². The quantitative estimate of drug-likeness (QED) is 0.310. The molecule has 0 radical (unpaired) electrons. The number of carbonyl (C=O) groups is 2. The molecule has 0 bridgehead atoms. The first-order valence-electron chi connectivity index (χ1n) is 12.4. The summed E-state index contributed by atoms with van der Waals surface area (Å²) in [4.78, 5) is 29.4. The maximum Gasteiger partial charge on any atom is 0.240 e. The average Bonchev–Trinajstić information content (AvgIpc) is 3.55. The van der Waals surface area contributed by atoms with Gasteiger partial charge in [0.15, 0.2) is 0 Å². The fourth-order valence-electron chi connectivity index (χ4n) is 4.70. The molecule has 4 aromatic rings. The molecule has 38 heavy (non-hydrogen) atoms. The second-order valence-electron chi connectivity index (χ2n) is 9.18. The number of aromatic nitrogens is 2. The van der Waals surface area contributed by atoms with E-state index in [4.69, 9.17) is 9.84 Å². The molecule has 7 nitrogen and oxygen atoms in total. The Labute approximate surface area is 230 Å².